The van der Waals surface area contributed by atoms with Crippen LogP contribution in [0.3, 0.4) is 0 Å². The molecule has 3 heteroatoms. The van der Waals surface area contributed by atoms with Crippen molar-refractivity contribution in [2.75, 3.05) is 11.9 Å². The van der Waals surface area contributed by atoms with Crippen LogP contribution in [0.15, 0.2) is 78.9 Å². The van der Waals surface area contributed by atoms with Crippen LogP contribution >= 0.6 is 0 Å². The largest absolute Gasteiger partial charge is 0.370 e. The highest BCUT2D eigenvalue weighted by Crippen LogP contribution is 2.29. The Morgan fingerprint density at radius 1 is 0.815 bits per heavy atom. The minimum atomic E-state index is -0.223. The Morgan fingerprint density at radius 2 is 1.59 bits per heavy atom. The van der Waals surface area contributed by atoms with E-state index in [-0.39, 0.29) is 5.82 Å². The molecule has 0 bridgehead atoms. The summed E-state index contributed by atoms with van der Waals surface area (Å²) in [6.45, 7) is 3.03. The molecule has 2 nitrogen and oxygen atoms in total. The molecule has 1 aromatic heterocycles. The van der Waals surface area contributed by atoms with Gasteiger partial charge in [-0.1, -0.05) is 67.6 Å². The highest BCUT2D eigenvalue weighted by Gasteiger charge is 2.08. The maximum absolute atomic E-state index is 13.5. The summed E-state index contributed by atoms with van der Waals surface area (Å²) >= 11 is 0. The van der Waals surface area contributed by atoms with Crippen molar-refractivity contribution >= 4 is 16.6 Å². The van der Waals surface area contributed by atoms with Gasteiger partial charge < -0.3 is 5.32 Å². The van der Waals surface area contributed by atoms with E-state index in [1.165, 1.54) is 6.07 Å². The zero-order valence-electron chi connectivity index (χ0n) is 15.2. The Balaban J connectivity index is 1.73. The van der Waals surface area contributed by atoms with Crippen molar-refractivity contribution in [1.29, 1.82) is 0 Å². The monoisotopic (exact) mass is 356 g/mol. The van der Waals surface area contributed by atoms with E-state index in [0.29, 0.717) is 0 Å². The summed E-state index contributed by atoms with van der Waals surface area (Å²) in [6.07, 6.45) is 1.04. The Morgan fingerprint density at radius 3 is 2.37 bits per heavy atom. The number of aromatic nitrogens is 1. The average molecular weight is 356 g/mol. The summed E-state index contributed by atoms with van der Waals surface area (Å²) in [5, 5.41) is 5.73. The first-order chi connectivity index (χ1) is 13.2. The summed E-state index contributed by atoms with van der Waals surface area (Å²) in [5.74, 6) is 0.693. The maximum atomic E-state index is 13.5. The lowest BCUT2D eigenvalue weighted by atomic mass is 10.0. The van der Waals surface area contributed by atoms with Gasteiger partial charge in [0.25, 0.3) is 0 Å². The molecule has 134 valence electrons. The number of pyridine rings is 1. The van der Waals surface area contributed by atoms with E-state index in [1.807, 2.05) is 42.5 Å². The number of nitrogens with one attached hydrogen (secondary N) is 1. The minimum Gasteiger partial charge on any atom is -0.370 e. The van der Waals surface area contributed by atoms with E-state index in [1.54, 1.807) is 12.1 Å². The molecule has 0 saturated carbocycles. The van der Waals surface area contributed by atoms with E-state index < -0.39 is 0 Å². The number of rotatable bonds is 5. The van der Waals surface area contributed by atoms with Crippen LogP contribution in [0.2, 0.25) is 0 Å². The normalized spacial score (nSPS) is 10.9. The van der Waals surface area contributed by atoms with Crippen molar-refractivity contribution < 1.29 is 4.39 Å². The van der Waals surface area contributed by atoms with Gasteiger partial charge in [-0.15, -0.1) is 0 Å². The molecular weight excluding hydrogens is 335 g/mol. The van der Waals surface area contributed by atoms with E-state index >= 15 is 0 Å². The second-order valence-electron chi connectivity index (χ2n) is 6.59. The molecule has 0 aliphatic carbocycles. The minimum absolute atomic E-state index is 0.223. The summed E-state index contributed by atoms with van der Waals surface area (Å²) in [6, 6.07) is 25.2. The number of fused-ring (bicyclic) bond motifs is 1. The fourth-order valence-corrected chi connectivity index (χ4v) is 3.23. The molecule has 1 heterocycles. The number of nitrogens with zero attached hydrogens (tertiary/aromatic N) is 1. The summed E-state index contributed by atoms with van der Waals surface area (Å²) in [5.41, 5.74) is 3.83. The van der Waals surface area contributed by atoms with Gasteiger partial charge in [-0.05, 0) is 41.1 Å². The van der Waals surface area contributed by atoms with E-state index in [9.17, 15) is 4.39 Å². The fraction of sp³-hybridized carbons (Fsp3) is 0.125. The third kappa shape index (κ3) is 3.68. The van der Waals surface area contributed by atoms with Gasteiger partial charge in [0.2, 0.25) is 0 Å². The fourth-order valence-electron chi connectivity index (χ4n) is 3.23. The van der Waals surface area contributed by atoms with Crippen molar-refractivity contribution in [1.82, 2.24) is 4.98 Å². The lowest BCUT2D eigenvalue weighted by molar-refractivity contribution is 0.628. The Hall–Kier alpha value is -3.20. The predicted molar refractivity (Wildman–Crippen MR) is 111 cm³/mol. The Kier molecular flexibility index (Phi) is 4.84. The molecule has 3 aromatic carbocycles. The Labute approximate surface area is 158 Å². The summed E-state index contributed by atoms with van der Waals surface area (Å²) in [4.78, 5) is 4.85. The van der Waals surface area contributed by atoms with Gasteiger partial charge in [-0.25, -0.2) is 9.37 Å². The van der Waals surface area contributed by atoms with Crippen molar-refractivity contribution in [3.05, 3.63) is 84.7 Å². The highest BCUT2D eigenvalue weighted by molar-refractivity contribution is 5.94. The standard InChI is InChI=1S/C24H21FN2/c1-2-14-26-24-22-9-4-3-6-20(22)16-23(27-24)18-12-10-17(11-13-18)19-7-5-8-21(25)15-19/h3-13,15-16H,2,14H2,1H3,(H,26,27). The predicted octanol–water partition coefficient (Wildman–Crippen LogP) is 6.53. The molecule has 27 heavy (non-hydrogen) atoms. The first-order valence-electron chi connectivity index (χ1n) is 9.24. The summed E-state index contributed by atoms with van der Waals surface area (Å²) < 4.78 is 13.5. The van der Waals surface area contributed by atoms with E-state index in [2.05, 4.69) is 30.4 Å². The van der Waals surface area contributed by atoms with E-state index in [4.69, 9.17) is 4.98 Å². The van der Waals surface area contributed by atoms with Gasteiger partial charge in [0, 0.05) is 17.5 Å². The zero-order chi connectivity index (χ0) is 18.6. The number of anilines is 1. The highest BCUT2D eigenvalue weighted by atomic mass is 19.1. The first kappa shape index (κ1) is 17.2. The average Bonchev–Trinajstić information content (AvgIpc) is 2.72. The molecule has 0 atom stereocenters. The lowest BCUT2D eigenvalue weighted by Gasteiger charge is -2.11. The molecule has 0 fully saturated rings. The summed E-state index contributed by atoms with van der Waals surface area (Å²) in [7, 11) is 0. The molecule has 1 N–H and O–H groups in total. The van der Waals surface area contributed by atoms with Crippen LogP contribution in [0.4, 0.5) is 10.2 Å². The van der Waals surface area contributed by atoms with Crippen molar-refractivity contribution in [3.8, 4) is 22.4 Å². The van der Waals surface area contributed by atoms with Crippen LogP contribution in [-0.4, -0.2) is 11.5 Å². The molecular formula is C24H21FN2. The van der Waals surface area contributed by atoms with Crippen LogP contribution in [0.25, 0.3) is 33.2 Å². The van der Waals surface area contributed by atoms with Crippen molar-refractivity contribution in [2.45, 2.75) is 13.3 Å². The topological polar surface area (TPSA) is 24.9 Å². The quantitative estimate of drug-likeness (QED) is 0.440. The van der Waals surface area contributed by atoms with Gasteiger partial charge in [0.1, 0.15) is 11.6 Å². The van der Waals surface area contributed by atoms with Crippen molar-refractivity contribution in [3.63, 3.8) is 0 Å². The van der Waals surface area contributed by atoms with Gasteiger partial charge in [-0.2, -0.15) is 0 Å². The van der Waals surface area contributed by atoms with Gasteiger partial charge in [0.05, 0.1) is 5.69 Å². The molecule has 4 rings (SSSR count). The first-order valence-corrected chi connectivity index (χ1v) is 9.24. The van der Waals surface area contributed by atoms with Gasteiger partial charge in [0.15, 0.2) is 0 Å². The second kappa shape index (κ2) is 7.58. The van der Waals surface area contributed by atoms with Gasteiger partial charge >= 0.3 is 0 Å². The number of hydrogen-bond acceptors (Lipinski definition) is 2. The third-order valence-corrected chi connectivity index (χ3v) is 4.62. The number of halogens is 1. The molecule has 0 unspecified atom stereocenters. The third-order valence-electron chi connectivity index (χ3n) is 4.62. The smallest absolute Gasteiger partial charge is 0.134 e. The molecule has 0 aliphatic rings. The van der Waals surface area contributed by atoms with Crippen LogP contribution in [0.5, 0.6) is 0 Å². The molecule has 0 aliphatic heterocycles. The molecule has 0 amide bonds. The van der Waals surface area contributed by atoms with Crippen LogP contribution in [0, 0.1) is 5.82 Å². The van der Waals surface area contributed by atoms with Crippen LogP contribution in [0.1, 0.15) is 13.3 Å². The van der Waals surface area contributed by atoms with Crippen LogP contribution < -0.4 is 5.32 Å². The zero-order valence-corrected chi connectivity index (χ0v) is 15.2. The maximum Gasteiger partial charge on any atom is 0.134 e. The SMILES string of the molecule is CCCNc1nc(-c2ccc(-c3cccc(F)c3)cc2)cc2ccccc12. The lowest BCUT2D eigenvalue weighted by Crippen LogP contribution is -2.03. The molecule has 0 saturated heterocycles. The molecule has 0 radical (unpaired) electrons. The van der Waals surface area contributed by atoms with Crippen LogP contribution in [-0.2, 0) is 0 Å². The Bertz CT molecular complexity index is 1070. The molecule has 0 spiro atoms. The van der Waals surface area contributed by atoms with Crippen molar-refractivity contribution in [2.24, 2.45) is 0 Å². The van der Waals surface area contributed by atoms with Gasteiger partial charge in [-0.3, -0.25) is 0 Å². The van der Waals surface area contributed by atoms with E-state index in [0.717, 1.165) is 51.9 Å². The molecule has 4 aromatic rings. The second-order valence-corrected chi connectivity index (χ2v) is 6.59. The number of hydrogen-bond donors (Lipinski definition) is 1. The number of benzene rings is 3.